The summed E-state index contributed by atoms with van der Waals surface area (Å²) < 4.78 is 24.2. The lowest BCUT2D eigenvalue weighted by molar-refractivity contribution is 0.443. The maximum absolute atomic E-state index is 8.67. The second-order valence-electron chi connectivity index (χ2n) is 4.59. The Morgan fingerprint density at radius 3 is 2.42 bits per heavy atom. The van der Waals surface area contributed by atoms with Crippen LogP contribution < -0.4 is 0 Å². The zero-order chi connectivity index (χ0) is 13.7. The van der Waals surface area contributed by atoms with Gasteiger partial charge in [-0.05, 0) is 25.0 Å². The van der Waals surface area contributed by atoms with E-state index in [1.165, 1.54) is 47.3 Å². The van der Waals surface area contributed by atoms with Crippen molar-refractivity contribution in [1.82, 2.24) is 4.98 Å². The van der Waals surface area contributed by atoms with E-state index in [2.05, 4.69) is 24.3 Å². The summed E-state index contributed by atoms with van der Waals surface area (Å²) in [6.07, 6.45) is 6.89. The molecule has 0 radical (unpaired) electrons. The summed E-state index contributed by atoms with van der Waals surface area (Å²) in [5.74, 6) is 0.746. The number of hydrogen-bond acceptors (Lipinski definition) is 5. The van der Waals surface area contributed by atoms with E-state index in [0.717, 1.165) is 5.92 Å². The van der Waals surface area contributed by atoms with E-state index < -0.39 is 10.5 Å². The van der Waals surface area contributed by atoms with Gasteiger partial charge < -0.3 is 0 Å². The molecule has 2 aromatic rings. The molecule has 1 aliphatic rings. The maximum Gasteiger partial charge on any atom is 0.308 e. The van der Waals surface area contributed by atoms with Crippen LogP contribution in [0.3, 0.4) is 0 Å². The normalized spacial score (nSPS) is 15.8. The lowest BCUT2D eigenvalue weighted by Gasteiger charge is -2.18. The first-order valence-electron chi connectivity index (χ1n) is 6.33. The molecule has 0 atom stereocenters. The van der Waals surface area contributed by atoms with E-state index in [9.17, 15) is 0 Å². The molecule has 0 amide bonds. The molecule has 1 aromatic heterocycles. The van der Waals surface area contributed by atoms with Crippen molar-refractivity contribution in [3.05, 3.63) is 29.3 Å². The lowest BCUT2D eigenvalue weighted by atomic mass is 9.90. The fourth-order valence-corrected chi connectivity index (χ4v) is 3.55. The number of nitrogens with one attached hydrogen (secondary N) is 1. The van der Waals surface area contributed by atoms with Gasteiger partial charge in [-0.1, -0.05) is 31.4 Å². The van der Waals surface area contributed by atoms with Crippen molar-refractivity contribution in [2.45, 2.75) is 38.0 Å². The molecule has 0 spiro atoms. The monoisotopic (exact) mass is 296 g/mol. The standard InChI is InChI=1S/C13H15NS.HNO2S/c1-2-6-10(7-3-1)13-14-11-8-4-5-9-12(11)15-13;1-4(2)3/h4-5,8-10H,1-3,6-7H2;1H. The molecule has 1 aliphatic carbocycles. The van der Waals surface area contributed by atoms with Crippen LogP contribution in [0.2, 0.25) is 0 Å². The lowest BCUT2D eigenvalue weighted by Crippen LogP contribution is -2.03. The molecule has 1 N–H and O–H groups in total. The molecular weight excluding hydrogens is 280 g/mol. The first-order valence-corrected chi connectivity index (χ1v) is 8.22. The van der Waals surface area contributed by atoms with Gasteiger partial charge in [0.25, 0.3) is 0 Å². The zero-order valence-corrected chi connectivity index (χ0v) is 12.1. The molecule has 6 heteroatoms. The van der Waals surface area contributed by atoms with Crippen molar-refractivity contribution < 1.29 is 8.42 Å². The number of hydrogen-bond donors (Lipinski definition) is 1. The van der Waals surface area contributed by atoms with Crippen molar-refractivity contribution in [2.24, 2.45) is 0 Å². The molecule has 102 valence electrons. The quantitative estimate of drug-likeness (QED) is 0.865. The number of para-hydroxylation sites is 1. The van der Waals surface area contributed by atoms with Crippen LogP contribution >= 0.6 is 11.3 Å². The van der Waals surface area contributed by atoms with Crippen molar-refractivity contribution in [2.75, 3.05) is 0 Å². The average molecular weight is 296 g/mol. The van der Waals surface area contributed by atoms with Crippen LogP contribution in [0.25, 0.3) is 10.2 Å². The predicted octanol–water partition coefficient (Wildman–Crippen LogP) is 3.97. The van der Waals surface area contributed by atoms with Crippen molar-refractivity contribution >= 4 is 32.1 Å². The second kappa shape index (κ2) is 6.77. The Balaban J connectivity index is 0.000000297. The molecule has 4 nitrogen and oxygen atoms in total. The zero-order valence-electron chi connectivity index (χ0n) is 10.5. The Kier molecular flexibility index (Phi) is 5.04. The highest BCUT2D eigenvalue weighted by Gasteiger charge is 2.18. The van der Waals surface area contributed by atoms with Crippen molar-refractivity contribution in [3.63, 3.8) is 0 Å². The molecule has 0 unspecified atom stereocenters. The second-order valence-corrected chi connectivity index (χ2v) is 6.12. The molecule has 1 saturated carbocycles. The number of rotatable bonds is 1. The highest BCUT2D eigenvalue weighted by Crippen LogP contribution is 2.36. The Hall–Kier alpha value is -1.27. The van der Waals surface area contributed by atoms with Crippen LogP contribution in [-0.4, -0.2) is 13.4 Å². The van der Waals surface area contributed by atoms with Crippen LogP contribution in [-0.2, 0) is 10.5 Å². The number of aromatic nitrogens is 1. The third kappa shape index (κ3) is 4.11. The SMILES string of the molecule is N=S(=O)=O.c1ccc2sc(C3CCCCC3)nc2c1. The van der Waals surface area contributed by atoms with Crippen molar-refractivity contribution in [3.8, 4) is 0 Å². The summed E-state index contributed by atoms with van der Waals surface area (Å²) in [5, 5.41) is 1.37. The van der Waals surface area contributed by atoms with E-state index in [4.69, 9.17) is 18.2 Å². The number of benzene rings is 1. The maximum atomic E-state index is 8.67. The van der Waals surface area contributed by atoms with E-state index in [1.54, 1.807) is 0 Å². The van der Waals surface area contributed by atoms with Gasteiger partial charge in [-0.25, -0.2) is 4.98 Å². The van der Waals surface area contributed by atoms with E-state index in [1.807, 2.05) is 11.3 Å². The van der Waals surface area contributed by atoms with Gasteiger partial charge >= 0.3 is 10.5 Å². The van der Waals surface area contributed by atoms with Gasteiger partial charge in [0, 0.05) is 5.92 Å². The third-order valence-corrected chi connectivity index (χ3v) is 4.46. The highest BCUT2D eigenvalue weighted by atomic mass is 32.2. The molecule has 1 heterocycles. The molecule has 3 rings (SSSR count). The highest BCUT2D eigenvalue weighted by molar-refractivity contribution is 7.60. The molecule has 1 fully saturated rings. The van der Waals surface area contributed by atoms with Crippen LogP contribution in [0, 0.1) is 4.78 Å². The van der Waals surface area contributed by atoms with E-state index in [-0.39, 0.29) is 0 Å². The van der Waals surface area contributed by atoms with E-state index >= 15 is 0 Å². The first kappa shape index (κ1) is 14.1. The largest absolute Gasteiger partial charge is 0.308 e. The summed E-state index contributed by atoms with van der Waals surface area (Å²) >= 11 is 1.89. The van der Waals surface area contributed by atoms with E-state index in [0.29, 0.717) is 0 Å². The van der Waals surface area contributed by atoms with Crippen LogP contribution in [0.4, 0.5) is 0 Å². The van der Waals surface area contributed by atoms with Gasteiger partial charge in [-0.15, -0.1) is 11.3 Å². The minimum atomic E-state index is -2.61. The molecule has 0 aliphatic heterocycles. The fraction of sp³-hybridized carbons (Fsp3) is 0.462. The van der Waals surface area contributed by atoms with Gasteiger partial charge in [-0.3, -0.25) is 0 Å². The van der Waals surface area contributed by atoms with Crippen LogP contribution in [0.15, 0.2) is 24.3 Å². The van der Waals surface area contributed by atoms with Crippen LogP contribution in [0.5, 0.6) is 0 Å². The smallest absolute Gasteiger partial charge is 0.241 e. The first-order chi connectivity index (χ1) is 9.16. The summed E-state index contributed by atoms with van der Waals surface area (Å²) in [4.78, 5) is 4.75. The minimum Gasteiger partial charge on any atom is -0.241 e. The van der Waals surface area contributed by atoms with Gasteiger partial charge in [0.1, 0.15) is 0 Å². The van der Waals surface area contributed by atoms with Crippen molar-refractivity contribution in [1.29, 1.82) is 4.78 Å². The third-order valence-electron chi connectivity index (χ3n) is 3.26. The van der Waals surface area contributed by atoms with Gasteiger partial charge in [0.05, 0.1) is 15.2 Å². The Morgan fingerprint density at radius 2 is 1.79 bits per heavy atom. The molecule has 0 bridgehead atoms. The predicted molar refractivity (Wildman–Crippen MR) is 77.1 cm³/mol. The van der Waals surface area contributed by atoms with Gasteiger partial charge in [-0.2, -0.15) is 13.2 Å². The topological polar surface area (TPSA) is 70.9 Å². The average Bonchev–Trinajstić information content (AvgIpc) is 2.83. The van der Waals surface area contributed by atoms with Crippen LogP contribution in [0.1, 0.15) is 43.0 Å². The minimum absolute atomic E-state index is 0.746. The molecule has 1 aromatic carbocycles. The Bertz CT molecular complexity index is 603. The van der Waals surface area contributed by atoms with Gasteiger partial charge in [0.15, 0.2) is 0 Å². The number of nitrogens with zero attached hydrogens (tertiary/aromatic N) is 1. The summed E-state index contributed by atoms with van der Waals surface area (Å²) in [6, 6.07) is 8.48. The molecule has 0 saturated heterocycles. The summed E-state index contributed by atoms with van der Waals surface area (Å²) in [5.41, 5.74) is 1.18. The molecule has 19 heavy (non-hydrogen) atoms. The molecular formula is C13H16N2O2S2. The Labute approximate surface area is 118 Å². The summed E-state index contributed by atoms with van der Waals surface area (Å²) in [6.45, 7) is 0. The summed E-state index contributed by atoms with van der Waals surface area (Å²) in [7, 11) is -2.61. The fourth-order valence-electron chi connectivity index (χ4n) is 2.41. The van der Waals surface area contributed by atoms with Gasteiger partial charge in [0.2, 0.25) is 0 Å². The number of fused-ring (bicyclic) bond motifs is 1. The Morgan fingerprint density at radius 1 is 1.16 bits per heavy atom. The number of thiazole rings is 1.